The molecule has 1 fully saturated rings. The second kappa shape index (κ2) is 22.9. The van der Waals surface area contributed by atoms with E-state index in [1.165, 1.54) is 30.6 Å². The third-order valence-electron chi connectivity index (χ3n) is 11.5. The van der Waals surface area contributed by atoms with Crippen LogP contribution in [0.5, 0.6) is 0 Å². The van der Waals surface area contributed by atoms with Crippen molar-refractivity contribution in [1.29, 1.82) is 0 Å². The summed E-state index contributed by atoms with van der Waals surface area (Å²) in [5, 5.41) is 14.8. The number of carbonyl (C=O) groups is 4. The molecular weight excluding hydrogens is 760 g/mol. The van der Waals surface area contributed by atoms with Crippen LogP contribution in [0.2, 0.25) is 0 Å². The van der Waals surface area contributed by atoms with Gasteiger partial charge in [-0.25, -0.2) is 9.37 Å². The molecule has 2 N–H and O–H groups in total. The van der Waals surface area contributed by atoms with E-state index in [2.05, 4.69) is 37.9 Å². The van der Waals surface area contributed by atoms with E-state index in [1.54, 1.807) is 24.4 Å². The zero-order valence-electron chi connectivity index (χ0n) is 35.2. The number of rotatable bonds is 23. The van der Waals surface area contributed by atoms with Crippen molar-refractivity contribution in [1.82, 2.24) is 20.1 Å². The predicted octanol–water partition coefficient (Wildman–Crippen LogP) is 7.95. The summed E-state index contributed by atoms with van der Waals surface area (Å²) in [5.41, 5.74) is 1.88. The van der Waals surface area contributed by atoms with E-state index in [1.807, 2.05) is 42.3 Å². The highest BCUT2D eigenvalue weighted by molar-refractivity contribution is 7.09. The number of carboxylic acid groups (broad SMARTS) is 1. The number of nitrogens with zero attached hydrogens (tertiary/aromatic N) is 3. The minimum atomic E-state index is -0.981. The van der Waals surface area contributed by atoms with Gasteiger partial charge in [-0.3, -0.25) is 24.1 Å². The highest BCUT2D eigenvalue weighted by Gasteiger charge is 2.39. The molecule has 1 saturated heterocycles. The number of ketones is 1. The number of halogens is 1. The first-order valence-electron chi connectivity index (χ1n) is 20.6. The number of hydrogen-bond donors (Lipinski definition) is 2. The molecule has 2 heterocycles. The maximum absolute atomic E-state index is 15.1. The minimum absolute atomic E-state index is 0.0229. The Hall–Kier alpha value is -4.04. The molecule has 318 valence electrons. The number of likely N-dealkylation sites (N-methyl/N-ethyl adjacent to an activating group) is 1. The van der Waals surface area contributed by atoms with E-state index >= 15 is 4.79 Å². The van der Waals surface area contributed by atoms with Crippen LogP contribution in [0.15, 0.2) is 60.0 Å². The number of Topliss-reactive ketones (excluding diaryl/α,β-unsaturated/α-hetero) is 1. The van der Waals surface area contributed by atoms with Gasteiger partial charge in [0.1, 0.15) is 29.4 Å². The lowest BCUT2D eigenvalue weighted by molar-refractivity contribution is -0.146. The lowest BCUT2D eigenvalue weighted by atomic mass is 9.82. The number of ether oxygens (including phenoxy) is 2. The number of nitrogens with one attached hydrogen (secondary N) is 1. The molecule has 1 aromatic heterocycles. The number of aliphatic carboxylic acids is 1. The van der Waals surface area contributed by atoms with Crippen LogP contribution >= 0.6 is 11.3 Å². The van der Waals surface area contributed by atoms with Gasteiger partial charge < -0.3 is 24.8 Å². The second-order valence-electron chi connectivity index (χ2n) is 16.3. The largest absolute Gasteiger partial charge is 0.481 e. The van der Waals surface area contributed by atoms with E-state index in [4.69, 9.17) is 14.5 Å². The van der Waals surface area contributed by atoms with Crippen molar-refractivity contribution in [3.05, 3.63) is 87.6 Å². The van der Waals surface area contributed by atoms with Gasteiger partial charge in [-0.05, 0) is 74.4 Å². The standard InChI is InChI=1S/C45H63FN4O7S/c1-8-30(4)36(24-40(51)38-16-12-13-21-49(38)6)44(53)50(26-33-14-10-9-11-15-33)39(29(2)3)25-41(57-28-56-7)43-48-37(27-58-43)42(52)47-35(22-31(5)45(54)55)23-32-17-19-34(46)20-18-32/h9-11,14-15,17-20,27,29-31,35-36,38-39,41H,8,12-13,16,21-26,28H2,1-7H3,(H,47,52)(H,54,55). The van der Waals surface area contributed by atoms with Gasteiger partial charge in [-0.2, -0.15) is 0 Å². The SMILES string of the molecule is CCC(C)C(CC(=O)C1CCCCN1C)C(=O)N(Cc1ccccc1)C(CC(OCOC)c1nc(C(=O)NC(Cc2ccc(F)cc2)CC(C)C(=O)O)cs1)C(C)C. The average Bonchev–Trinajstić information content (AvgIpc) is 3.70. The summed E-state index contributed by atoms with van der Waals surface area (Å²) in [5.74, 6) is -3.06. The van der Waals surface area contributed by atoms with Gasteiger partial charge in [0.05, 0.1) is 12.0 Å². The summed E-state index contributed by atoms with van der Waals surface area (Å²) >= 11 is 1.26. The lowest BCUT2D eigenvalue weighted by Crippen LogP contribution is -2.49. The molecule has 2 amide bonds. The van der Waals surface area contributed by atoms with Gasteiger partial charge in [0.25, 0.3) is 5.91 Å². The van der Waals surface area contributed by atoms with Crippen molar-refractivity contribution in [3.63, 3.8) is 0 Å². The molecule has 58 heavy (non-hydrogen) atoms. The zero-order chi connectivity index (χ0) is 42.4. The monoisotopic (exact) mass is 822 g/mol. The molecule has 3 aromatic rings. The van der Waals surface area contributed by atoms with Crippen molar-refractivity contribution in [2.45, 2.75) is 117 Å². The molecule has 1 aliphatic rings. The second-order valence-corrected chi connectivity index (χ2v) is 17.2. The number of carboxylic acids is 1. The van der Waals surface area contributed by atoms with Crippen LogP contribution in [-0.2, 0) is 36.8 Å². The van der Waals surface area contributed by atoms with Gasteiger partial charge >= 0.3 is 5.97 Å². The Balaban J connectivity index is 1.63. The smallest absolute Gasteiger partial charge is 0.306 e. The van der Waals surface area contributed by atoms with E-state index in [0.717, 1.165) is 43.4 Å². The topological polar surface area (TPSA) is 138 Å². The Morgan fingerprint density at radius 2 is 1.72 bits per heavy atom. The first kappa shape index (κ1) is 46.6. The number of thiazole rings is 1. The number of aromatic nitrogens is 1. The number of benzene rings is 2. The van der Waals surface area contributed by atoms with Crippen LogP contribution < -0.4 is 5.32 Å². The first-order chi connectivity index (χ1) is 27.7. The van der Waals surface area contributed by atoms with Crippen LogP contribution in [0, 0.1) is 29.5 Å². The summed E-state index contributed by atoms with van der Waals surface area (Å²) in [6.07, 6.45) is 3.98. The first-order valence-corrected chi connectivity index (χ1v) is 21.5. The molecular formula is C45H63FN4O7S. The molecule has 0 saturated carbocycles. The van der Waals surface area contributed by atoms with Crippen LogP contribution in [0.4, 0.5) is 4.39 Å². The van der Waals surface area contributed by atoms with Crippen molar-refractivity contribution in [2.24, 2.45) is 23.7 Å². The molecule has 11 nitrogen and oxygen atoms in total. The van der Waals surface area contributed by atoms with Crippen LogP contribution in [0.1, 0.15) is 112 Å². The molecule has 7 atom stereocenters. The van der Waals surface area contributed by atoms with Crippen LogP contribution in [0.25, 0.3) is 0 Å². The van der Waals surface area contributed by atoms with Gasteiger partial charge in [-0.1, -0.05) is 89.9 Å². The number of hydrogen-bond acceptors (Lipinski definition) is 9. The molecule has 0 bridgehead atoms. The van der Waals surface area contributed by atoms with Gasteiger partial charge in [-0.15, -0.1) is 11.3 Å². The molecule has 1 aliphatic heterocycles. The summed E-state index contributed by atoms with van der Waals surface area (Å²) < 4.78 is 25.2. The molecule has 0 radical (unpaired) electrons. The fourth-order valence-corrected chi connectivity index (χ4v) is 8.66. The van der Waals surface area contributed by atoms with Gasteiger partial charge in [0, 0.05) is 49.9 Å². The minimum Gasteiger partial charge on any atom is -0.481 e. The lowest BCUT2D eigenvalue weighted by Gasteiger charge is -2.40. The number of amides is 2. The molecule has 13 heteroatoms. The fourth-order valence-electron chi connectivity index (χ4n) is 7.80. The van der Waals surface area contributed by atoms with Crippen LogP contribution in [-0.4, -0.2) is 89.1 Å². The van der Waals surface area contributed by atoms with Gasteiger partial charge in [0.2, 0.25) is 5.91 Å². The molecule has 2 aromatic carbocycles. The fraction of sp³-hybridized carbons (Fsp3) is 0.578. The summed E-state index contributed by atoms with van der Waals surface area (Å²) in [7, 11) is 3.53. The van der Waals surface area contributed by atoms with Crippen molar-refractivity contribution < 1.29 is 38.1 Å². The Bertz CT molecular complexity index is 1760. The molecule has 0 aliphatic carbocycles. The van der Waals surface area contributed by atoms with E-state index < -0.39 is 35.9 Å². The van der Waals surface area contributed by atoms with E-state index in [9.17, 15) is 23.9 Å². The van der Waals surface area contributed by atoms with Crippen molar-refractivity contribution in [3.8, 4) is 0 Å². The highest BCUT2D eigenvalue weighted by atomic mass is 32.1. The Labute approximate surface area is 347 Å². The van der Waals surface area contributed by atoms with Crippen molar-refractivity contribution in [2.75, 3.05) is 27.5 Å². The summed E-state index contributed by atoms with van der Waals surface area (Å²) in [6, 6.07) is 14.7. The normalized spacial score (nSPS) is 17.8. The maximum atomic E-state index is 15.1. The number of piperidine rings is 1. The van der Waals surface area contributed by atoms with E-state index in [0.29, 0.717) is 24.4 Å². The molecule has 0 spiro atoms. The quantitative estimate of drug-likeness (QED) is 0.0914. The Morgan fingerprint density at radius 3 is 2.34 bits per heavy atom. The summed E-state index contributed by atoms with van der Waals surface area (Å²) in [6.45, 7) is 11.0. The highest BCUT2D eigenvalue weighted by Crippen LogP contribution is 2.34. The zero-order valence-corrected chi connectivity index (χ0v) is 36.0. The average molecular weight is 823 g/mol. The van der Waals surface area contributed by atoms with Crippen LogP contribution in [0.3, 0.4) is 0 Å². The summed E-state index contributed by atoms with van der Waals surface area (Å²) in [4.78, 5) is 63.2. The predicted molar refractivity (Wildman–Crippen MR) is 224 cm³/mol. The third-order valence-corrected chi connectivity index (χ3v) is 12.5. The number of likely N-dealkylation sites (tertiary alicyclic amines) is 1. The third kappa shape index (κ3) is 13.5. The Morgan fingerprint density at radius 1 is 1.02 bits per heavy atom. The molecule has 7 unspecified atom stereocenters. The van der Waals surface area contributed by atoms with Crippen molar-refractivity contribution >= 4 is 34.9 Å². The van der Waals surface area contributed by atoms with Gasteiger partial charge in [0.15, 0.2) is 5.78 Å². The van der Waals surface area contributed by atoms with E-state index in [-0.39, 0.29) is 66.8 Å². The number of carbonyl (C=O) groups excluding carboxylic acids is 3. The molecule has 4 rings (SSSR count). The number of methoxy groups -OCH3 is 1. The Kier molecular flexibility index (Phi) is 18.4. The maximum Gasteiger partial charge on any atom is 0.306 e.